The van der Waals surface area contributed by atoms with Gasteiger partial charge in [-0.15, -0.1) is 0 Å². The van der Waals surface area contributed by atoms with E-state index >= 15 is 0 Å². The highest BCUT2D eigenvalue weighted by Gasteiger charge is 2.20. The van der Waals surface area contributed by atoms with Crippen LogP contribution in [0, 0.1) is 0 Å². The lowest BCUT2D eigenvalue weighted by molar-refractivity contribution is 0.437. The van der Waals surface area contributed by atoms with Crippen molar-refractivity contribution < 1.29 is 0 Å². The van der Waals surface area contributed by atoms with E-state index in [1.54, 1.807) is 0 Å². The third-order valence-electron chi connectivity index (χ3n) is 4.44. The lowest BCUT2D eigenvalue weighted by Gasteiger charge is -2.24. The zero-order chi connectivity index (χ0) is 14.7. The minimum absolute atomic E-state index is 0.332. The summed E-state index contributed by atoms with van der Waals surface area (Å²) in [6, 6.07) is 17.8. The Balaban J connectivity index is 1.79. The molecule has 2 heteroatoms. The Labute approximate surface area is 132 Å². The highest BCUT2D eigenvalue weighted by Crippen LogP contribution is 2.30. The van der Waals surface area contributed by atoms with Gasteiger partial charge in [0.2, 0.25) is 0 Å². The molecule has 3 rings (SSSR count). The lowest BCUT2D eigenvalue weighted by atomic mass is 9.97. The molecule has 0 aromatic heterocycles. The van der Waals surface area contributed by atoms with Crippen molar-refractivity contribution in [1.82, 2.24) is 5.32 Å². The van der Waals surface area contributed by atoms with Crippen molar-refractivity contribution in [1.29, 1.82) is 0 Å². The number of nitrogens with one attached hydrogen (secondary N) is 1. The second-order valence-electron chi connectivity index (χ2n) is 5.94. The second-order valence-corrected chi connectivity index (χ2v) is 6.37. The highest BCUT2D eigenvalue weighted by molar-refractivity contribution is 6.30. The van der Waals surface area contributed by atoms with Crippen LogP contribution in [0.15, 0.2) is 48.5 Å². The molecular formula is C19H22ClN. The van der Waals surface area contributed by atoms with Gasteiger partial charge >= 0.3 is 0 Å². The molecule has 0 saturated carbocycles. The van der Waals surface area contributed by atoms with Crippen LogP contribution in [0.5, 0.6) is 0 Å². The first-order valence-corrected chi connectivity index (χ1v) is 8.21. The molecule has 0 amide bonds. The standard InChI is InChI=1S/C19H22ClN/c1-14(15-10-12-17(20)13-11-15)21-19-9-5-3-7-16-6-2-4-8-18(16)19/h2,4,6,8,10-14,19,21H,3,5,7,9H2,1H3. The topological polar surface area (TPSA) is 12.0 Å². The molecule has 0 radical (unpaired) electrons. The normalized spacial score (nSPS) is 19.6. The number of benzene rings is 2. The summed E-state index contributed by atoms with van der Waals surface area (Å²) in [6.45, 7) is 2.23. The van der Waals surface area contributed by atoms with Gasteiger partial charge in [0.1, 0.15) is 0 Å². The molecule has 0 spiro atoms. The van der Waals surface area contributed by atoms with E-state index in [0.29, 0.717) is 12.1 Å². The predicted octanol–water partition coefficient (Wildman–Crippen LogP) is 5.46. The number of halogens is 1. The van der Waals surface area contributed by atoms with Crippen LogP contribution in [0.1, 0.15) is 55.0 Å². The molecule has 0 bridgehead atoms. The number of rotatable bonds is 3. The van der Waals surface area contributed by atoms with E-state index in [9.17, 15) is 0 Å². The van der Waals surface area contributed by atoms with Crippen LogP contribution in [0.3, 0.4) is 0 Å². The summed E-state index contributed by atoms with van der Waals surface area (Å²) in [4.78, 5) is 0. The Morgan fingerprint density at radius 2 is 1.81 bits per heavy atom. The number of hydrogen-bond acceptors (Lipinski definition) is 1. The lowest BCUT2D eigenvalue weighted by Crippen LogP contribution is -2.24. The Hall–Kier alpha value is -1.31. The highest BCUT2D eigenvalue weighted by atomic mass is 35.5. The number of fused-ring (bicyclic) bond motifs is 1. The maximum absolute atomic E-state index is 5.98. The molecule has 2 unspecified atom stereocenters. The van der Waals surface area contributed by atoms with Crippen LogP contribution in [0.25, 0.3) is 0 Å². The molecule has 2 aromatic carbocycles. The monoisotopic (exact) mass is 299 g/mol. The average molecular weight is 300 g/mol. The fraction of sp³-hybridized carbons (Fsp3) is 0.368. The third kappa shape index (κ3) is 3.48. The first-order chi connectivity index (χ1) is 10.2. The zero-order valence-corrected chi connectivity index (χ0v) is 13.2. The van der Waals surface area contributed by atoms with Gasteiger partial charge in [0.25, 0.3) is 0 Å². The van der Waals surface area contributed by atoms with Gasteiger partial charge in [-0.25, -0.2) is 0 Å². The van der Waals surface area contributed by atoms with Gasteiger partial charge in [-0.1, -0.05) is 54.4 Å². The minimum atomic E-state index is 0.332. The van der Waals surface area contributed by atoms with Gasteiger partial charge in [0, 0.05) is 17.1 Å². The molecule has 1 aliphatic rings. The number of aryl methyl sites for hydroxylation is 1. The maximum Gasteiger partial charge on any atom is 0.0406 e. The smallest absolute Gasteiger partial charge is 0.0406 e. The molecule has 110 valence electrons. The predicted molar refractivity (Wildman–Crippen MR) is 89.7 cm³/mol. The van der Waals surface area contributed by atoms with Crippen LogP contribution in [-0.4, -0.2) is 0 Å². The van der Waals surface area contributed by atoms with Gasteiger partial charge < -0.3 is 5.32 Å². The van der Waals surface area contributed by atoms with Crippen molar-refractivity contribution in [3.8, 4) is 0 Å². The Morgan fingerprint density at radius 3 is 2.62 bits per heavy atom. The molecule has 1 N–H and O–H groups in total. The van der Waals surface area contributed by atoms with Crippen LogP contribution >= 0.6 is 11.6 Å². The second kappa shape index (κ2) is 6.64. The first-order valence-electron chi connectivity index (χ1n) is 7.83. The molecular weight excluding hydrogens is 278 g/mol. The van der Waals surface area contributed by atoms with E-state index in [1.807, 2.05) is 12.1 Å². The summed E-state index contributed by atoms with van der Waals surface area (Å²) in [5.74, 6) is 0. The Kier molecular flexibility index (Phi) is 4.62. The van der Waals surface area contributed by atoms with Gasteiger partial charge in [-0.05, 0) is 55.0 Å². The summed E-state index contributed by atoms with van der Waals surface area (Å²) in [5.41, 5.74) is 4.28. The summed E-state index contributed by atoms with van der Waals surface area (Å²) in [6.07, 6.45) is 5.02. The molecule has 2 aromatic rings. The minimum Gasteiger partial charge on any atom is -0.303 e. The van der Waals surface area contributed by atoms with Gasteiger partial charge in [-0.2, -0.15) is 0 Å². The third-order valence-corrected chi connectivity index (χ3v) is 4.69. The van der Waals surface area contributed by atoms with Crippen molar-refractivity contribution in [3.63, 3.8) is 0 Å². The largest absolute Gasteiger partial charge is 0.303 e. The van der Waals surface area contributed by atoms with Crippen LogP contribution in [0.2, 0.25) is 5.02 Å². The van der Waals surface area contributed by atoms with Crippen molar-refractivity contribution in [3.05, 3.63) is 70.2 Å². The van der Waals surface area contributed by atoms with Gasteiger partial charge in [0.05, 0.1) is 0 Å². The van der Waals surface area contributed by atoms with E-state index < -0.39 is 0 Å². The molecule has 1 aliphatic carbocycles. The summed E-state index contributed by atoms with van der Waals surface area (Å²) in [7, 11) is 0. The fourth-order valence-corrected chi connectivity index (χ4v) is 3.37. The molecule has 0 saturated heterocycles. The average Bonchev–Trinajstić information content (AvgIpc) is 2.71. The van der Waals surface area contributed by atoms with E-state index in [2.05, 4.69) is 48.6 Å². The van der Waals surface area contributed by atoms with Crippen LogP contribution in [0.4, 0.5) is 0 Å². The van der Waals surface area contributed by atoms with Crippen molar-refractivity contribution in [2.45, 2.75) is 44.7 Å². The van der Waals surface area contributed by atoms with Crippen molar-refractivity contribution in [2.24, 2.45) is 0 Å². The van der Waals surface area contributed by atoms with E-state index in [4.69, 9.17) is 11.6 Å². The van der Waals surface area contributed by atoms with Crippen molar-refractivity contribution >= 4 is 11.6 Å². The van der Waals surface area contributed by atoms with Gasteiger partial charge in [-0.3, -0.25) is 0 Å². The molecule has 21 heavy (non-hydrogen) atoms. The summed E-state index contributed by atoms with van der Waals surface area (Å²) in [5, 5.41) is 4.60. The van der Waals surface area contributed by atoms with Gasteiger partial charge in [0.15, 0.2) is 0 Å². The molecule has 2 atom stereocenters. The van der Waals surface area contributed by atoms with Crippen molar-refractivity contribution in [2.75, 3.05) is 0 Å². The quantitative estimate of drug-likeness (QED) is 0.742. The molecule has 0 fully saturated rings. The maximum atomic E-state index is 5.98. The molecule has 0 aliphatic heterocycles. The Bertz CT molecular complexity index is 591. The van der Waals surface area contributed by atoms with E-state index in [-0.39, 0.29) is 0 Å². The van der Waals surface area contributed by atoms with Crippen LogP contribution < -0.4 is 5.32 Å². The molecule has 0 heterocycles. The molecule has 1 nitrogen and oxygen atoms in total. The first kappa shape index (κ1) is 14.6. The summed E-state index contributed by atoms with van der Waals surface area (Å²) >= 11 is 5.98. The number of hydrogen-bond donors (Lipinski definition) is 1. The van der Waals surface area contributed by atoms with E-state index in [0.717, 1.165) is 5.02 Å². The zero-order valence-electron chi connectivity index (χ0n) is 12.5. The van der Waals surface area contributed by atoms with Crippen LogP contribution in [-0.2, 0) is 6.42 Å². The van der Waals surface area contributed by atoms with E-state index in [1.165, 1.54) is 42.4 Å². The summed E-state index contributed by atoms with van der Waals surface area (Å²) < 4.78 is 0. The SMILES string of the molecule is CC(NC1CCCCc2ccccc21)c1ccc(Cl)cc1. The fourth-order valence-electron chi connectivity index (χ4n) is 3.24. The Morgan fingerprint density at radius 1 is 1.05 bits per heavy atom.